The van der Waals surface area contributed by atoms with E-state index in [9.17, 15) is 22.4 Å². The van der Waals surface area contributed by atoms with E-state index in [2.05, 4.69) is 5.73 Å². The summed E-state index contributed by atoms with van der Waals surface area (Å²) in [6, 6.07) is -2.04. The number of hydrogen-bond acceptors (Lipinski definition) is 2. The molecule has 0 amide bonds. The van der Waals surface area contributed by atoms with Crippen LogP contribution in [0.1, 0.15) is 6.42 Å². The van der Waals surface area contributed by atoms with Gasteiger partial charge in [0.2, 0.25) is 6.17 Å². The summed E-state index contributed by atoms with van der Waals surface area (Å²) in [4.78, 5) is 9.83. The van der Waals surface area contributed by atoms with E-state index in [1.807, 2.05) is 0 Å². The summed E-state index contributed by atoms with van der Waals surface area (Å²) in [5, 5.41) is 7.98. The van der Waals surface area contributed by atoms with E-state index in [-0.39, 0.29) is 0 Å². The van der Waals surface area contributed by atoms with E-state index >= 15 is 0 Å². The second-order valence-electron chi connectivity index (χ2n) is 2.21. The molecule has 7 heteroatoms. The third-order valence-electron chi connectivity index (χ3n) is 1.10. The molecule has 0 aromatic heterocycles. The first-order valence-electron chi connectivity index (χ1n) is 2.93. The SMILES string of the molecule is NC(CC(=O)O)C(F)C(F)(F)F. The van der Waals surface area contributed by atoms with Crippen molar-refractivity contribution in [3.05, 3.63) is 0 Å². The summed E-state index contributed by atoms with van der Waals surface area (Å²) in [5.41, 5.74) is 4.63. The van der Waals surface area contributed by atoms with Gasteiger partial charge in [-0.1, -0.05) is 0 Å². The highest BCUT2D eigenvalue weighted by atomic mass is 19.4. The van der Waals surface area contributed by atoms with Crippen molar-refractivity contribution in [3.8, 4) is 0 Å². The number of halogens is 4. The van der Waals surface area contributed by atoms with Gasteiger partial charge in [0.15, 0.2) is 0 Å². The molecule has 72 valence electrons. The molecule has 0 spiro atoms. The maximum absolute atomic E-state index is 12.2. The predicted octanol–water partition coefficient (Wildman–Crippen LogP) is 0.689. The Morgan fingerprint density at radius 2 is 1.92 bits per heavy atom. The number of hydrogen-bond donors (Lipinski definition) is 2. The van der Waals surface area contributed by atoms with Gasteiger partial charge in [0.25, 0.3) is 0 Å². The molecule has 2 unspecified atom stereocenters. The lowest BCUT2D eigenvalue weighted by atomic mass is 10.1. The van der Waals surface area contributed by atoms with Crippen molar-refractivity contribution >= 4 is 5.97 Å². The van der Waals surface area contributed by atoms with E-state index in [0.717, 1.165) is 0 Å². The van der Waals surface area contributed by atoms with Crippen LogP contribution in [0.5, 0.6) is 0 Å². The van der Waals surface area contributed by atoms with Crippen molar-refractivity contribution in [2.24, 2.45) is 5.73 Å². The predicted molar refractivity (Wildman–Crippen MR) is 31.2 cm³/mol. The Morgan fingerprint density at radius 3 is 2.17 bits per heavy atom. The van der Waals surface area contributed by atoms with Crippen molar-refractivity contribution in [1.82, 2.24) is 0 Å². The third kappa shape index (κ3) is 3.51. The highest BCUT2D eigenvalue weighted by Gasteiger charge is 2.44. The second-order valence-corrected chi connectivity index (χ2v) is 2.21. The summed E-state index contributed by atoms with van der Waals surface area (Å²) >= 11 is 0. The fraction of sp³-hybridized carbons (Fsp3) is 0.800. The van der Waals surface area contributed by atoms with Crippen LogP contribution >= 0.6 is 0 Å². The molecule has 0 heterocycles. The number of aliphatic carboxylic acids is 1. The minimum absolute atomic E-state index is 1.04. The van der Waals surface area contributed by atoms with Crippen LogP contribution in [-0.2, 0) is 4.79 Å². The van der Waals surface area contributed by atoms with Gasteiger partial charge in [-0.15, -0.1) is 0 Å². The highest BCUT2D eigenvalue weighted by molar-refractivity contribution is 5.67. The minimum atomic E-state index is -5.09. The monoisotopic (exact) mass is 189 g/mol. The minimum Gasteiger partial charge on any atom is -0.481 e. The van der Waals surface area contributed by atoms with Gasteiger partial charge in [-0.2, -0.15) is 13.2 Å². The largest absolute Gasteiger partial charge is 0.481 e. The van der Waals surface area contributed by atoms with E-state index in [0.29, 0.717) is 0 Å². The number of alkyl halides is 4. The van der Waals surface area contributed by atoms with Crippen LogP contribution in [0.4, 0.5) is 17.6 Å². The molecule has 0 radical (unpaired) electrons. The van der Waals surface area contributed by atoms with Crippen molar-refractivity contribution in [2.45, 2.75) is 24.8 Å². The molecule has 0 aliphatic heterocycles. The molecule has 0 aliphatic rings. The van der Waals surface area contributed by atoms with Crippen molar-refractivity contribution in [3.63, 3.8) is 0 Å². The van der Waals surface area contributed by atoms with Gasteiger partial charge in [-0.3, -0.25) is 4.79 Å². The Morgan fingerprint density at radius 1 is 1.50 bits per heavy atom. The van der Waals surface area contributed by atoms with E-state index in [4.69, 9.17) is 5.11 Å². The molecule has 0 aromatic carbocycles. The Labute approximate surface area is 65.2 Å². The normalized spacial score (nSPS) is 17.1. The molecular formula is C5H7F4NO2. The van der Waals surface area contributed by atoms with Crippen LogP contribution in [0.15, 0.2) is 0 Å². The van der Waals surface area contributed by atoms with Crippen molar-refractivity contribution in [2.75, 3.05) is 0 Å². The molecule has 3 nitrogen and oxygen atoms in total. The average molecular weight is 189 g/mol. The molecule has 0 rings (SSSR count). The first kappa shape index (κ1) is 11.2. The van der Waals surface area contributed by atoms with Crippen LogP contribution in [0.25, 0.3) is 0 Å². The Balaban J connectivity index is 4.10. The maximum Gasteiger partial charge on any atom is 0.421 e. The number of carbonyl (C=O) groups is 1. The summed E-state index contributed by atoms with van der Waals surface area (Å²) in [7, 11) is 0. The summed E-state index contributed by atoms with van der Waals surface area (Å²) in [5.74, 6) is -1.56. The lowest BCUT2D eigenvalue weighted by Crippen LogP contribution is -2.43. The van der Waals surface area contributed by atoms with Gasteiger partial charge in [-0.05, 0) is 0 Å². The summed E-state index contributed by atoms with van der Waals surface area (Å²) in [6.07, 6.45) is -9.41. The first-order chi connectivity index (χ1) is 5.25. The zero-order chi connectivity index (χ0) is 9.94. The zero-order valence-corrected chi connectivity index (χ0v) is 5.81. The van der Waals surface area contributed by atoms with Gasteiger partial charge in [-0.25, -0.2) is 4.39 Å². The molecule has 3 N–H and O–H groups in total. The quantitative estimate of drug-likeness (QED) is 0.642. The fourth-order valence-corrected chi connectivity index (χ4v) is 0.548. The number of carboxylic acid groups (broad SMARTS) is 1. The molecule has 0 fully saturated rings. The number of carboxylic acids is 1. The smallest absolute Gasteiger partial charge is 0.421 e. The third-order valence-corrected chi connectivity index (χ3v) is 1.10. The average Bonchev–Trinajstić information content (AvgIpc) is 1.82. The van der Waals surface area contributed by atoms with E-state index in [1.165, 1.54) is 0 Å². The Hall–Kier alpha value is -0.850. The standard InChI is InChI=1S/C5H7F4NO2/c6-4(5(7,8)9)2(10)1-3(11)12/h2,4H,1,10H2,(H,11,12). The van der Waals surface area contributed by atoms with Gasteiger partial charge < -0.3 is 10.8 Å². The van der Waals surface area contributed by atoms with Crippen LogP contribution < -0.4 is 5.73 Å². The number of nitrogens with two attached hydrogens (primary N) is 1. The molecule has 0 saturated heterocycles. The lowest BCUT2D eigenvalue weighted by Gasteiger charge is -2.17. The molecule has 0 aromatic rings. The van der Waals surface area contributed by atoms with E-state index < -0.39 is 30.8 Å². The summed E-state index contributed by atoms with van der Waals surface area (Å²) in [6.45, 7) is 0. The highest BCUT2D eigenvalue weighted by Crippen LogP contribution is 2.25. The maximum atomic E-state index is 12.2. The lowest BCUT2D eigenvalue weighted by molar-refractivity contribution is -0.186. The van der Waals surface area contributed by atoms with Gasteiger partial charge in [0, 0.05) is 0 Å². The van der Waals surface area contributed by atoms with Crippen LogP contribution in [0, 0.1) is 0 Å². The van der Waals surface area contributed by atoms with Crippen molar-refractivity contribution in [1.29, 1.82) is 0 Å². The van der Waals surface area contributed by atoms with Crippen LogP contribution in [0.3, 0.4) is 0 Å². The zero-order valence-electron chi connectivity index (χ0n) is 5.81. The Bertz CT molecular complexity index is 169. The molecule has 0 bridgehead atoms. The van der Waals surface area contributed by atoms with Gasteiger partial charge in [0.1, 0.15) is 0 Å². The van der Waals surface area contributed by atoms with E-state index in [1.54, 1.807) is 0 Å². The first-order valence-corrected chi connectivity index (χ1v) is 2.93. The topological polar surface area (TPSA) is 63.3 Å². The Kier molecular flexibility index (Phi) is 3.44. The molecule has 2 atom stereocenters. The van der Waals surface area contributed by atoms with Crippen LogP contribution in [0.2, 0.25) is 0 Å². The second kappa shape index (κ2) is 3.70. The molecule has 0 saturated carbocycles. The molecule has 12 heavy (non-hydrogen) atoms. The van der Waals surface area contributed by atoms with Gasteiger partial charge >= 0.3 is 12.1 Å². The van der Waals surface area contributed by atoms with Crippen molar-refractivity contribution < 1.29 is 27.5 Å². The molecular weight excluding hydrogens is 182 g/mol. The summed E-state index contributed by atoms with van der Waals surface area (Å²) < 4.78 is 46.7. The van der Waals surface area contributed by atoms with Gasteiger partial charge in [0.05, 0.1) is 12.5 Å². The van der Waals surface area contributed by atoms with Crippen LogP contribution in [-0.4, -0.2) is 29.5 Å². The molecule has 0 aliphatic carbocycles. The number of rotatable bonds is 3. The fourth-order valence-electron chi connectivity index (χ4n) is 0.548.